The molecule has 0 N–H and O–H groups in total. The van der Waals surface area contributed by atoms with Gasteiger partial charge in [-0.15, -0.1) is 0 Å². The molecule has 0 heterocycles. The highest BCUT2D eigenvalue weighted by Gasteiger charge is 1.98. The molecule has 0 amide bonds. The summed E-state index contributed by atoms with van der Waals surface area (Å²) >= 11 is 0. The average Bonchev–Trinajstić information content (AvgIpc) is 2.52. The Morgan fingerprint density at radius 3 is 2.00 bits per heavy atom. The zero-order valence-corrected chi connectivity index (χ0v) is 14.0. The van der Waals surface area contributed by atoms with Crippen molar-refractivity contribution in [2.24, 2.45) is 0 Å². The van der Waals surface area contributed by atoms with E-state index >= 15 is 0 Å². The van der Waals surface area contributed by atoms with Crippen LogP contribution in [0.5, 0.6) is 0 Å². The van der Waals surface area contributed by atoms with Crippen molar-refractivity contribution in [3.05, 3.63) is 66.0 Å². The minimum Gasteiger partial charge on any atom is -0.243 e. The van der Waals surface area contributed by atoms with E-state index in [-0.39, 0.29) is 0 Å². The molecule has 0 aliphatic rings. The zero-order valence-electron chi connectivity index (χ0n) is 14.0. The minimum absolute atomic E-state index is 0.459. The summed E-state index contributed by atoms with van der Waals surface area (Å²) in [7, 11) is 0. The van der Waals surface area contributed by atoms with E-state index in [4.69, 9.17) is 0 Å². The number of halogens is 2. The maximum absolute atomic E-state index is 12.8. The number of hydrogen-bond donors (Lipinski definition) is 0. The van der Waals surface area contributed by atoms with E-state index in [1.807, 2.05) is 58.9 Å². The van der Waals surface area contributed by atoms with Gasteiger partial charge in [0.2, 0.25) is 0 Å². The normalized spacial score (nSPS) is 12.5. The molecule has 0 saturated carbocycles. The Morgan fingerprint density at radius 1 is 1.05 bits per heavy atom. The maximum Gasteiger partial charge on any atom is 0.116 e. The second-order valence-electron chi connectivity index (χ2n) is 3.84. The summed E-state index contributed by atoms with van der Waals surface area (Å²) in [6.07, 6.45) is 5.46. The lowest BCUT2D eigenvalue weighted by Gasteiger charge is -2.03. The van der Waals surface area contributed by atoms with E-state index < -0.39 is 6.17 Å². The fraction of sp³-hybridized carbons (Fsp3) is 0.368. The van der Waals surface area contributed by atoms with Gasteiger partial charge in [0.25, 0.3) is 0 Å². The molecule has 0 saturated heterocycles. The van der Waals surface area contributed by atoms with Gasteiger partial charge in [0.05, 0.1) is 6.33 Å². The smallest absolute Gasteiger partial charge is 0.116 e. The van der Waals surface area contributed by atoms with Crippen molar-refractivity contribution >= 4 is 5.57 Å². The van der Waals surface area contributed by atoms with Crippen LogP contribution in [0.4, 0.5) is 8.78 Å². The van der Waals surface area contributed by atoms with Crippen LogP contribution in [0.2, 0.25) is 0 Å². The quantitative estimate of drug-likeness (QED) is 0.534. The van der Waals surface area contributed by atoms with Gasteiger partial charge in [-0.2, -0.15) is 0 Å². The average molecular weight is 294 g/mol. The molecule has 0 aliphatic heterocycles. The molecule has 0 aromatic heterocycles. The summed E-state index contributed by atoms with van der Waals surface area (Å²) in [6.45, 7) is 11.4. The van der Waals surface area contributed by atoms with Gasteiger partial charge in [-0.25, -0.2) is 8.78 Å². The number of rotatable bonds is 4. The molecule has 0 aliphatic carbocycles. The highest BCUT2D eigenvalue weighted by molar-refractivity contribution is 5.75. The first-order chi connectivity index (χ1) is 10.1. The topological polar surface area (TPSA) is 0 Å². The van der Waals surface area contributed by atoms with Crippen molar-refractivity contribution in [1.82, 2.24) is 0 Å². The van der Waals surface area contributed by atoms with Crippen LogP contribution in [0.15, 0.2) is 54.9 Å². The Hall–Kier alpha value is -1.70. The van der Waals surface area contributed by atoms with Crippen molar-refractivity contribution in [3.63, 3.8) is 0 Å². The van der Waals surface area contributed by atoms with Gasteiger partial charge >= 0.3 is 0 Å². The Morgan fingerprint density at radius 2 is 1.57 bits per heavy atom. The van der Waals surface area contributed by atoms with E-state index in [0.717, 1.165) is 16.7 Å². The fourth-order valence-corrected chi connectivity index (χ4v) is 1.37. The minimum atomic E-state index is -1.02. The van der Waals surface area contributed by atoms with Crippen LogP contribution < -0.4 is 0 Å². The van der Waals surface area contributed by atoms with Gasteiger partial charge in [-0.3, -0.25) is 0 Å². The van der Waals surface area contributed by atoms with Crippen LogP contribution >= 0.6 is 0 Å². The molecule has 0 radical (unpaired) electrons. The number of allylic oxidation sites excluding steroid dienone is 5. The predicted molar refractivity (Wildman–Crippen MR) is 91.8 cm³/mol. The Kier molecular flexibility index (Phi) is 15.1. The van der Waals surface area contributed by atoms with E-state index in [1.165, 1.54) is 19.1 Å². The molecule has 0 nitrogen and oxygen atoms in total. The van der Waals surface area contributed by atoms with Gasteiger partial charge in [-0.05, 0) is 31.1 Å². The Bertz CT molecular complexity index is 423. The fourth-order valence-electron chi connectivity index (χ4n) is 1.37. The highest BCUT2D eigenvalue weighted by atomic mass is 19.1. The molecule has 0 bridgehead atoms. The Balaban J connectivity index is 0. The largest absolute Gasteiger partial charge is 0.243 e. The SMILES string of the molecule is CC.CC.Cc1ccc(C(/C=C/C(C)F)=C/C=C\F)cc1. The summed E-state index contributed by atoms with van der Waals surface area (Å²) in [5.41, 5.74) is 2.87. The van der Waals surface area contributed by atoms with Gasteiger partial charge in [0.15, 0.2) is 0 Å². The molecular formula is C19H28F2. The summed E-state index contributed by atoms with van der Waals surface area (Å²) in [5.74, 6) is 0. The second-order valence-corrected chi connectivity index (χ2v) is 3.84. The predicted octanol–water partition coefficient (Wildman–Crippen LogP) is 6.83. The molecule has 118 valence electrons. The van der Waals surface area contributed by atoms with Gasteiger partial charge in [0.1, 0.15) is 6.17 Å². The number of alkyl halides is 1. The third kappa shape index (κ3) is 10.7. The summed E-state index contributed by atoms with van der Waals surface area (Å²) in [5, 5.41) is 0. The molecule has 1 aromatic carbocycles. The summed E-state index contributed by atoms with van der Waals surface area (Å²) in [4.78, 5) is 0. The lowest BCUT2D eigenvalue weighted by molar-refractivity contribution is 0.431. The molecule has 0 spiro atoms. The molecular weight excluding hydrogens is 266 g/mol. The van der Waals surface area contributed by atoms with Gasteiger partial charge in [0, 0.05) is 0 Å². The Labute approximate surface area is 128 Å². The third-order valence-electron chi connectivity index (χ3n) is 2.27. The van der Waals surface area contributed by atoms with Gasteiger partial charge < -0.3 is 0 Å². The van der Waals surface area contributed by atoms with Crippen molar-refractivity contribution in [3.8, 4) is 0 Å². The molecule has 1 atom stereocenters. The van der Waals surface area contributed by atoms with E-state index in [2.05, 4.69) is 0 Å². The molecule has 2 heteroatoms. The van der Waals surface area contributed by atoms with Crippen LogP contribution in [-0.2, 0) is 0 Å². The van der Waals surface area contributed by atoms with Crippen molar-refractivity contribution in [1.29, 1.82) is 0 Å². The van der Waals surface area contributed by atoms with Gasteiger partial charge in [-0.1, -0.05) is 75.8 Å². The molecule has 21 heavy (non-hydrogen) atoms. The van der Waals surface area contributed by atoms with Crippen LogP contribution in [0, 0.1) is 6.92 Å². The molecule has 0 fully saturated rings. The number of benzene rings is 1. The highest BCUT2D eigenvalue weighted by Crippen LogP contribution is 2.17. The van der Waals surface area contributed by atoms with Crippen LogP contribution in [-0.4, -0.2) is 6.17 Å². The summed E-state index contributed by atoms with van der Waals surface area (Å²) in [6, 6.07) is 7.80. The van der Waals surface area contributed by atoms with Crippen LogP contribution in [0.3, 0.4) is 0 Å². The van der Waals surface area contributed by atoms with Crippen LogP contribution in [0.25, 0.3) is 5.57 Å². The number of hydrogen-bond acceptors (Lipinski definition) is 0. The maximum atomic E-state index is 12.8. The second kappa shape index (κ2) is 14.7. The number of aryl methyl sites for hydroxylation is 1. The molecule has 1 aromatic rings. The third-order valence-corrected chi connectivity index (χ3v) is 2.27. The molecule has 1 rings (SSSR count). The van der Waals surface area contributed by atoms with E-state index in [1.54, 1.807) is 12.2 Å². The van der Waals surface area contributed by atoms with E-state index in [9.17, 15) is 8.78 Å². The van der Waals surface area contributed by atoms with Crippen molar-refractivity contribution < 1.29 is 8.78 Å². The molecule has 1 unspecified atom stereocenters. The van der Waals surface area contributed by atoms with Crippen LogP contribution in [0.1, 0.15) is 45.7 Å². The van der Waals surface area contributed by atoms with Crippen molar-refractivity contribution in [2.75, 3.05) is 0 Å². The summed E-state index contributed by atoms with van der Waals surface area (Å²) < 4.78 is 24.8. The first-order valence-electron chi connectivity index (χ1n) is 7.50. The standard InChI is InChI=1S/C15H16F2.2C2H6/c1-12-5-8-15(9-6-12)14(4-3-11-16)10-7-13(2)17;2*1-2/h3-11,13H,1-2H3;2*1-2H3/b10-7+,11-3-,14-4+;;. The first-order valence-corrected chi connectivity index (χ1v) is 7.50. The zero-order chi connectivity index (χ0) is 16.7. The monoisotopic (exact) mass is 294 g/mol. The first kappa shape index (κ1) is 21.6. The van der Waals surface area contributed by atoms with Crippen molar-refractivity contribution in [2.45, 2.75) is 47.7 Å². The lowest BCUT2D eigenvalue weighted by Crippen LogP contribution is -1.86. The lowest BCUT2D eigenvalue weighted by atomic mass is 10.0. The van der Waals surface area contributed by atoms with E-state index in [0.29, 0.717) is 6.33 Å².